The van der Waals surface area contributed by atoms with Crippen molar-refractivity contribution in [2.45, 2.75) is 18.8 Å². The third-order valence-corrected chi connectivity index (χ3v) is 4.20. The summed E-state index contributed by atoms with van der Waals surface area (Å²) in [7, 11) is 0. The summed E-state index contributed by atoms with van der Waals surface area (Å²) in [6.45, 7) is 0. The van der Waals surface area contributed by atoms with E-state index in [2.05, 4.69) is 26.0 Å². The van der Waals surface area contributed by atoms with E-state index in [-0.39, 0.29) is 0 Å². The van der Waals surface area contributed by atoms with E-state index in [0.29, 0.717) is 11.1 Å². The lowest BCUT2D eigenvalue weighted by molar-refractivity contribution is 0.940. The third kappa shape index (κ3) is 2.01. The standard InChI is InChI=1S/C14H10BrClN4/c15-9-3-4-11(17-6-9)12-5-13(16)20-14(19-12)10(7-18-20)8-1-2-8/h3-8H,1-2H2. The molecule has 0 unspecified atom stereocenters. The quantitative estimate of drug-likeness (QED) is 0.655. The van der Waals surface area contributed by atoms with E-state index in [0.717, 1.165) is 21.5 Å². The first-order chi connectivity index (χ1) is 9.72. The second-order valence-corrected chi connectivity index (χ2v) is 6.24. The zero-order chi connectivity index (χ0) is 13.7. The van der Waals surface area contributed by atoms with Gasteiger partial charge in [0, 0.05) is 22.3 Å². The number of rotatable bonds is 2. The van der Waals surface area contributed by atoms with Crippen molar-refractivity contribution >= 4 is 33.2 Å². The highest BCUT2D eigenvalue weighted by Gasteiger charge is 2.28. The van der Waals surface area contributed by atoms with Crippen molar-refractivity contribution in [1.82, 2.24) is 19.6 Å². The monoisotopic (exact) mass is 348 g/mol. The highest BCUT2D eigenvalue weighted by atomic mass is 79.9. The summed E-state index contributed by atoms with van der Waals surface area (Å²) in [5.74, 6) is 0.587. The van der Waals surface area contributed by atoms with E-state index in [1.807, 2.05) is 18.3 Å². The van der Waals surface area contributed by atoms with Crippen molar-refractivity contribution in [1.29, 1.82) is 0 Å². The Kier molecular flexibility index (Phi) is 2.79. The summed E-state index contributed by atoms with van der Waals surface area (Å²) in [6.07, 6.45) is 6.06. The van der Waals surface area contributed by atoms with Gasteiger partial charge in [-0.15, -0.1) is 0 Å². The average Bonchev–Trinajstić information content (AvgIpc) is 3.19. The second-order valence-electron chi connectivity index (χ2n) is 4.94. The molecule has 20 heavy (non-hydrogen) atoms. The molecule has 1 aliphatic rings. The average molecular weight is 350 g/mol. The van der Waals surface area contributed by atoms with Gasteiger partial charge in [-0.1, -0.05) is 11.6 Å². The summed E-state index contributed by atoms with van der Waals surface area (Å²) in [4.78, 5) is 9.07. The topological polar surface area (TPSA) is 43.1 Å². The molecular formula is C14H10BrClN4. The third-order valence-electron chi connectivity index (χ3n) is 3.46. The number of aromatic nitrogens is 4. The summed E-state index contributed by atoms with van der Waals surface area (Å²) >= 11 is 9.69. The van der Waals surface area contributed by atoms with E-state index in [9.17, 15) is 0 Å². The van der Waals surface area contributed by atoms with Crippen LogP contribution in [0, 0.1) is 0 Å². The van der Waals surface area contributed by atoms with Crippen molar-refractivity contribution in [3.8, 4) is 11.4 Å². The number of hydrogen-bond donors (Lipinski definition) is 0. The van der Waals surface area contributed by atoms with Crippen LogP contribution in [0.1, 0.15) is 24.3 Å². The molecule has 100 valence electrons. The predicted octanol–water partition coefficient (Wildman–Crippen LogP) is 4.08. The number of pyridine rings is 1. The van der Waals surface area contributed by atoms with Gasteiger partial charge in [0.25, 0.3) is 0 Å². The largest absolute Gasteiger partial charge is 0.253 e. The molecule has 0 radical (unpaired) electrons. The molecule has 3 aromatic rings. The fraction of sp³-hybridized carbons (Fsp3) is 0.214. The smallest absolute Gasteiger partial charge is 0.160 e. The van der Waals surface area contributed by atoms with Crippen LogP contribution in [0.5, 0.6) is 0 Å². The summed E-state index contributed by atoms with van der Waals surface area (Å²) in [6, 6.07) is 5.67. The Hall–Kier alpha value is -1.46. The maximum atomic E-state index is 6.31. The van der Waals surface area contributed by atoms with Crippen molar-refractivity contribution < 1.29 is 0 Å². The first-order valence-corrected chi connectivity index (χ1v) is 7.55. The minimum atomic E-state index is 0.557. The van der Waals surface area contributed by atoms with Crippen LogP contribution in [-0.4, -0.2) is 19.6 Å². The fourth-order valence-corrected chi connectivity index (χ4v) is 2.75. The Balaban J connectivity index is 1.91. The van der Waals surface area contributed by atoms with E-state index < -0.39 is 0 Å². The predicted molar refractivity (Wildman–Crippen MR) is 80.9 cm³/mol. The molecule has 0 spiro atoms. The van der Waals surface area contributed by atoms with Gasteiger partial charge in [-0.3, -0.25) is 4.98 Å². The number of halogens is 2. The highest BCUT2D eigenvalue weighted by Crippen LogP contribution is 2.42. The van der Waals surface area contributed by atoms with Crippen LogP contribution >= 0.6 is 27.5 Å². The molecule has 0 bridgehead atoms. The van der Waals surface area contributed by atoms with Crippen LogP contribution in [0.3, 0.4) is 0 Å². The van der Waals surface area contributed by atoms with Gasteiger partial charge in [-0.2, -0.15) is 5.10 Å². The minimum absolute atomic E-state index is 0.557. The maximum Gasteiger partial charge on any atom is 0.160 e. The number of hydrogen-bond acceptors (Lipinski definition) is 3. The Labute approximate surface area is 128 Å². The van der Waals surface area contributed by atoms with Gasteiger partial charge in [0.1, 0.15) is 5.15 Å². The van der Waals surface area contributed by atoms with Crippen molar-refractivity contribution in [3.05, 3.63) is 45.8 Å². The lowest BCUT2D eigenvalue weighted by Crippen LogP contribution is -1.96. The molecule has 0 saturated heterocycles. The Morgan fingerprint density at radius 1 is 1.20 bits per heavy atom. The van der Waals surface area contributed by atoms with E-state index in [4.69, 9.17) is 16.6 Å². The highest BCUT2D eigenvalue weighted by molar-refractivity contribution is 9.10. The van der Waals surface area contributed by atoms with E-state index in [1.54, 1.807) is 16.8 Å². The van der Waals surface area contributed by atoms with E-state index in [1.165, 1.54) is 18.4 Å². The molecule has 0 N–H and O–H groups in total. The number of nitrogens with zero attached hydrogens (tertiary/aromatic N) is 4. The maximum absolute atomic E-state index is 6.31. The molecule has 0 atom stereocenters. The van der Waals surface area contributed by atoms with Crippen LogP contribution in [0.2, 0.25) is 5.15 Å². The molecule has 3 heterocycles. The molecule has 0 aromatic carbocycles. The molecule has 1 fully saturated rings. The van der Waals surface area contributed by atoms with Crippen molar-refractivity contribution in [2.75, 3.05) is 0 Å². The van der Waals surface area contributed by atoms with Crippen LogP contribution in [0.15, 0.2) is 35.1 Å². The first kappa shape index (κ1) is 12.3. The molecule has 4 rings (SSSR count). The van der Waals surface area contributed by atoms with Gasteiger partial charge in [0.15, 0.2) is 5.65 Å². The Morgan fingerprint density at radius 2 is 2.05 bits per heavy atom. The normalized spacial score (nSPS) is 14.9. The van der Waals surface area contributed by atoms with Gasteiger partial charge in [0.05, 0.1) is 17.6 Å². The van der Waals surface area contributed by atoms with Crippen LogP contribution in [0.25, 0.3) is 17.0 Å². The van der Waals surface area contributed by atoms with Gasteiger partial charge in [0.2, 0.25) is 0 Å². The minimum Gasteiger partial charge on any atom is -0.253 e. The zero-order valence-electron chi connectivity index (χ0n) is 10.4. The molecule has 1 saturated carbocycles. The number of fused-ring (bicyclic) bond motifs is 1. The van der Waals surface area contributed by atoms with Gasteiger partial charge in [-0.25, -0.2) is 9.50 Å². The van der Waals surface area contributed by atoms with Crippen molar-refractivity contribution in [2.24, 2.45) is 0 Å². The zero-order valence-corrected chi connectivity index (χ0v) is 12.8. The molecular weight excluding hydrogens is 340 g/mol. The van der Waals surface area contributed by atoms with Gasteiger partial charge >= 0.3 is 0 Å². The SMILES string of the molecule is Clc1cc(-c2ccc(Br)cn2)nc2c(C3CC3)cnn12. The summed E-state index contributed by atoms with van der Waals surface area (Å²) in [5, 5.41) is 4.88. The molecule has 3 aromatic heterocycles. The first-order valence-electron chi connectivity index (χ1n) is 6.38. The lowest BCUT2D eigenvalue weighted by Gasteiger charge is -2.04. The molecule has 0 aliphatic heterocycles. The van der Waals surface area contributed by atoms with Gasteiger partial charge in [-0.05, 0) is 46.8 Å². The van der Waals surface area contributed by atoms with Crippen LogP contribution in [0.4, 0.5) is 0 Å². The lowest BCUT2D eigenvalue weighted by atomic mass is 10.2. The van der Waals surface area contributed by atoms with Crippen LogP contribution in [-0.2, 0) is 0 Å². The van der Waals surface area contributed by atoms with Crippen LogP contribution < -0.4 is 0 Å². The summed E-state index contributed by atoms with van der Waals surface area (Å²) in [5.41, 5.74) is 3.61. The van der Waals surface area contributed by atoms with E-state index >= 15 is 0 Å². The fourth-order valence-electron chi connectivity index (χ4n) is 2.28. The second kappa shape index (κ2) is 4.53. The van der Waals surface area contributed by atoms with Gasteiger partial charge < -0.3 is 0 Å². The Morgan fingerprint density at radius 3 is 2.75 bits per heavy atom. The van der Waals surface area contributed by atoms with Crippen molar-refractivity contribution in [3.63, 3.8) is 0 Å². The Bertz CT molecular complexity index is 793. The molecule has 4 nitrogen and oxygen atoms in total. The molecule has 1 aliphatic carbocycles. The molecule has 6 heteroatoms. The molecule has 0 amide bonds. The summed E-state index contributed by atoms with van der Waals surface area (Å²) < 4.78 is 2.63.